The van der Waals surface area contributed by atoms with E-state index in [0.717, 1.165) is 22.4 Å². The van der Waals surface area contributed by atoms with Crippen LogP contribution in [-0.4, -0.2) is 21.2 Å². The summed E-state index contributed by atoms with van der Waals surface area (Å²) in [5, 5.41) is 0. The Balaban J connectivity index is 0.000000797. The molecule has 4 nitrogen and oxygen atoms in total. The van der Waals surface area contributed by atoms with Crippen molar-refractivity contribution in [1.82, 2.24) is 0 Å². The van der Waals surface area contributed by atoms with Gasteiger partial charge in [0.2, 0.25) is 0 Å². The highest BCUT2D eigenvalue weighted by Crippen LogP contribution is 2.34. The van der Waals surface area contributed by atoms with Gasteiger partial charge in [-0.2, -0.15) is 0 Å². The van der Waals surface area contributed by atoms with Gasteiger partial charge in [0.1, 0.15) is 17.5 Å². The number of halogens is 3. The van der Waals surface area contributed by atoms with Crippen molar-refractivity contribution in [3.63, 3.8) is 0 Å². The minimum Gasteiger partial charge on any atom is -0.295 e. The van der Waals surface area contributed by atoms with Gasteiger partial charge in [0, 0.05) is 18.7 Å². The van der Waals surface area contributed by atoms with Crippen LogP contribution in [0.25, 0.3) is 17.2 Å². The molecule has 0 radical (unpaired) electrons. The van der Waals surface area contributed by atoms with Crippen molar-refractivity contribution in [3.05, 3.63) is 89.3 Å². The number of Topliss-reactive ketones (excluding diaryl/α,β-unsaturated/α-hetero) is 1. The molecule has 0 heterocycles. The van der Waals surface area contributed by atoms with Crippen LogP contribution in [0.15, 0.2) is 60.0 Å². The molecule has 0 atom stereocenters. The number of hydrogen-bond acceptors (Lipinski definition) is 3. The maximum absolute atomic E-state index is 14.6. The van der Waals surface area contributed by atoms with E-state index in [1.54, 1.807) is 25.1 Å². The van der Waals surface area contributed by atoms with E-state index in [1.165, 1.54) is 45.0 Å². The number of carbonyl (C=O) groups is 1. The van der Waals surface area contributed by atoms with Crippen LogP contribution in [-0.2, 0) is 16.4 Å². The van der Waals surface area contributed by atoms with Crippen LogP contribution >= 0.6 is 0 Å². The van der Waals surface area contributed by atoms with Gasteiger partial charge in [-0.05, 0) is 77.9 Å². The summed E-state index contributed by atoms with van der Waals surface area (Å²) in [5.74, 6) is -1.73. The van der Waals surface area contributed by atoms with Crippen LogP contribution in [0.1, 0.15) is 68.9 Å². The molecule has 1 saturated carbocycles. The zero-order chi connectivity index (χ0) is 29.5. The smallest absolute Gasteiger partial charge is 0.264 e. The van der Waals surface area contributed by atoms with Crippen LogP contribution in [0.4, 0.5) is 18.9 Å². The van der Waals surface area contributed by atoms with E-state index in [0.29, 0.717) is 34.7 Å². The molecule has 1 fully saturated rings. The van der Waals surface area contributed by atoms with Crippen LogP contribution in [0.3, 0.4) is 0 Å². The third-order valence-corrected chi connectivity index (χ3v) is 7.96. The van der Waals surface area contributed by atoms with Crippen molar-refractivity contribution in [2.45, 2.75) is 58.8 Å². The summed E-state index contributed by atoms with van der Waals surface area (Å²) in [6.45, 7) is 13.1. The fourth-order valence-corrected chi connectivity index (χ4v) is 5.03. The minimum atomic E-state index is -4.28. The molecule has 1 aliphatic rings. The summed E-state index contributed by atoms with van der Waals surface area (Å²) >= 11 is 0. The first-order chi connectivity index (χ1) is 18.4. The average molecular weight is 560 g/mol. The quantitative estimate of drug-likeness (QED) is 0.273. The highest BCUT2D eigenvalue weighted by atomic mass is 32.2. The number of anilines is 1. The molecule has 1 aliphatic carbocycles. The van der Waals surface area contributed by atoms with Gasteiger partial charge in [-0.1, -0.05) is 59.3 Å². The van der Waals surface area contributed by atoms with E-state index in [-0.39, 0.29) is 17.0 Å². The molecule has 0 bridgehead atoms. The molecule has 3 aromatic carbocycles. The predicted octanol–water partition coefficient (Wildman–Crippen LogP) is 8.45. The molecule has 0 aliphatic heterocycles. The molecule has 0 aromatic heterocycles. The Bertz CT molecular complexity index is 1430. The summed E-state index contributed by atoms with van der Waals surface area (Å²) in [5.41, 5.74) is 2.31. The van der Waals surface area contributed by atoms with E-state index in [2.05, 4.69) is 13.5 Å². The first-order valence-corrected chi connectivity index (χ1v) is 14.4. The molecular weight excluding hydrogens is 523 g/mol. The van der Waals surface area contributed by atoms with E-state index in [1.807, 2.05) is 13.8 Å². The Morgan fingerprint density at radius 2 is 1.59 bits per heavy atom. The number of rotatable bonds is 7. The molecular formula is C31H36F3NO3S. The zero-order valence-corrected chi connectivity index (χ0v) is 24.1. The van der Waals surface area contributed by atoms with Crippen molar-refractivity contribution in [2.24, 2.45) is 5.92 Å². The Hall–Kier alpha value is -3.39. The number of ketones is 1. The largest absolute Gasteiger partial charge is 0.295 e. The van der Waals surface area contributed by atoms with Gasteiger partial charge in [-0.15, -0.1) is 0 Å². The summed E-state index contributed by atoms with van der Waals surface area (Å²) in [6, 6.07) is 9.57. The zero-order valence-electron chi connectivity index (χ0n) is 23.3. The normalized spacial score (nSPS) is 12.4. The second-order valence-electron chi connectivity index (χ2n) is 9.13. The summed E-state index contributed by atoms with van der Waals surface area (Å²) in [7, 11) is -3.03. The third-order valence-electron chi connectivity index (χ3n) is 6.21. The van der Waals surface area contributed by atoms with Crippen molar-refractivity contribution in [2.75, 3.05) is 11.4 Å². The number of sulfonamides is 1. The van der Waals surface area contributed by atoms with Crippen LogP contribution < -0.4 is 4.31 Å². The second kappa shape index (κ2) is 13.6. The van der Waals surface area contributed by atoms with Crippen LogP contribution in [0.2, 0.25) is 0 Å². The number of carbonyl (C=O) groups excluding carboxylic acids is 1. The second-order valence-corrected chi connectivity index (χ2v) is 11.1. The summed E-state index contributed by atoms with van der Waals surface area (Å²) in [6.07, 6.45) is 4.78. The topological polar surface area (TPSA) is 54.5 Å². The van der Waals surface area contributed by atoms with E-state index >= 15 is 0 Å². The lowest BCUT2D eigenvalue weighted by Crippen LogP contribution is -2.27. The Morgan fingerprint density at radius 1 is 1.03 bits per heavy atom. The number of nitrogens with zero attached hydrogens (tertiary/aromatic N) is 1. The third kappa shape index (κ3) is 7.82. The molecule has 0 amide bonds. The highest BCUT2D eigenvalue weighted by Gasteiger charge is 2.25. The standard InChI is InChI=1S/C25H22F3NO3S.C4H8.C2H6/c1-5-16-9-17(23-10-18(15(3)30)11-24(28)22(23)6-2)7-8-25(16)29(4)33(31,32)21-13-19(26)12-20(27)14-21;1-4-2-3-4;1-2/h5,7-14H,1,6H2,2-4H3;4H,2-3H2,1H3;1-2H3. The molecule has 3 aromatic rings. The number of hydrogen-bond donors (Lipinski definition) is 0. The molecule has 210 valence electrons. The molecule has 0 N–H and O–H groups in total. The SMILES string of the molecule is C=Cc1cc(-c2cc(C(C)=O)cc(F)c2CC)ccc1N(C)S(=O)(=O)c1cc(F)cc(F)c1.CC.CC1CC1. The van der Waals surface area contributed by atoms with Crippen molar-refractivity contribution >= 4 is 27.6 Å². The molecule has 39 heavy (non-hydrogen) atoms. The maximum atomic E-state index is 14.6. The molecule has 0 saturated heterocycles. The highest BCUT2D eigenvalue weighted by molar-refractivity contribution is 7.92. The summed E-state index contributed by atoms with van der Waals surface area (Å²) in [4.78, 5) is 11.3. The Kier molecular flexibility index (Phi) is 11.1. The lowest BCUT2D eigenvalue weighted by Gasteiger charge is -2.22. The van der Waals surface area contributed by atoms with Crippen LogP contribution in [0.5, 0.6) is 0 Å². The minimum absolute atomic E-state index is 0.208. The molecule has 4 rings (SSSR count). The van der Waals surface area contributed by atoms with Crippen molar-refractivity contribution < 1.29 is 26.4 Å². The van der Waals surface area contributed by atoms with Gasteiger partial charge < -0.3 is 0 Å². The first kappa shape index (κ1) is 31.8. The van der Waals surface area contributed by atoms with E-state index in [4.69, 9.17) is 0 Å². The van der Waals surface area contributed by atoms with E-state index in [9.17, 15) is 26.4 Å². The van der Waals surface area contributed by atoms with Gasteiger partial charge in [0.05, 0.1) is 10.6 Å². The monoisotopic (exact) mass is 559 g/mol. The summed E-state index contributed by atoms with van der Waals surface area (Å²) < 4.78 is 68.7. The molecule has 8 heteroatoms. The van der Waals surface area contributed by atoms with Crippen molar-refractivity contribution in [3.8, 4) is 11.1 Å². The first-order valence-electron chi connectivity index (χ1n) is 12.9. The Labute approximate surface area is 230 Å². The fraction of sp³-hybridized carbons (Fsp3) is 0.323. The average Bonchev–Trinajstić information content (AvgIpc) is 3.70. The predicted molar refractivity (Wildman–Crippen MR) is 153 cm³/mol. The van der Waals surface area contributed by atoms with Gasteiger partial charge >= 0.3 is 0 Å². The maximum Gasteiger partial charge on any atom is 0.264 e. The molecule has 0 spiro atoms. The fourth-order valence-electron chi connectivity index (χ4n) is 3.76. The number of benzene rings is 3. The lowest BCUT2D eigenvalue weighted by molar-refractivity contribution is 0.101. The lowest BCUT2D eigenvalue weighted by atomic mass is 9.93. The van der Waals surface area contributed by atoms with Gasteiger partial charge in [-0.25, -0.2) is 21.6 Å². The van der Waals surface area contributed by atoms with Gasteiger partial charge in [-0.3, -0.25) is 9.10 Å². The Morgan fingerprint density at radius 3 is 2.05 bits per heavy atom. The van der Waals surface area contributed by atoms with Gasteiger partial charge in [0.15, 0.2) is 5.78 Å². The van der Waals surface area contributed by atoms with Crippen LogP contribution in [0, 0.1) is 23.4 Å². The van der Waals surface area contributed by atoms with Gasteiger partial charge in [0.25, 0.3) is 10.0 Å². The van der Waals surface area contributed by atoms with E-state index < -0.39 is 32.4 Å². The molecule has 0 unspecified atom stereocenters. The van der Waals surface area contributed by atoms with Crippen molar-refractivity contribution in [1.29, 1.82) is 0 Å².